The number of phenols is 1. The van der Waals surface area contributed by atoms with Gasteiger partial charge in [0.1, 0.15) is 10.6 Å². The van der Waals surface area contributed by atoms with Crippen molar-refractivity contribution < 1.29 is 13.5 Å². The zero-order valence-electron chi connectivity index (χ0n) is 10.3. The Kier molecular flexibility index (Phi) is 3.35. The van der Waals surface area contributed by atoms with Crippen LogP contribution in [0.3, 0.4) is 0 Å². The molecule has 0 bridgehead atoms. The molecule has 2 aromatic carbocycles. The fourth-order valence-electron chi connectivity index (χ4n) is 1.69. The number of nitrogens with two attached hydrogens (primary N) is 1. The Hall–Kier alpha value is -2.21. The van der Waals surface area contributed by atoms with Crippen molar-refractivity contribution in [2.45, 2.75) is 11.8 Å². The van der Waals surface area contributed by atoms with Crippen LogP contribution in [0, 0.1) is 6.92 Å². The molecule has 0 atom stereocenters. The minimum atomic E-state index is -3.76. The van der Waals surface area contributed by atoms with Gasteiger partial charge in [0, 0.05) is 6.07 Å². The number of nitrogen functional groups attached to an aromatic ring is 1. The van der Waals surface area contributed by atoms with Crippen molar-refractivity contribution in [1.29, 1.82) is 0 Å². The summed E-state index contributed by atoms with van der Waals surface area (Å²) in [6.45, 7) is 1.83. The lowest BCUT2D eigenvalue weighted by Gasteiger charge is -2.10. The van der Waals surface area contributed by atoms with Crippen molar-refractivity contribution in [2.24, 2.45) is 0 Å². The fourth-order valence-corrected chi connectivity index (χ4v) is 2.86. The Morgan fingerprint density at radius 2 is 1.89 bits per heavy atom. The van der Waals surface area contributed by atoms with Gasteiger partial charge in [-0.25, -0.2) is 8.42 Å². The van der Waals surface area contributed by atoms with E-state index in [1.165, 1.54) is 18.2 Å². The van der Waals surface area contributed by atoms with Gasteiger partial charge in [-0.3, -0.25) is 4.72 Å². The third kappa shape index (κ3) is 2.97. The lowest BCUT2D eigenvalue weighted by molar-refractivity contribution is 0.475. The van der Waals surface area contributed by atoms with E-state index in [1.54, 1.807) is 24.3 Å². The van der Waals surface area contributed by atoms with E-state index in [0.29, 0.717) is 0 Å². The number of hydrogen-bond donors (Lipinski definition) is 3. The lowest BCUT2D eigenvalue weighted by Crippen LogP contribution is -2.14. The molecule has 19 heavy (non-hydrogen) atoms. The van der Waals surface area contributed by atoms with Gasteiger partial charge in [0.15, 0.2) is 0 Å². The Balaban J connectivity index is 2.38. The van der Waals surface area contributed by atoms with Crippen LogP contribution in [0.1, 0.15) is 5.56 Å². The minimum absolute atomic E-state index is 0.0152. The Bertz CT molecular complexity index is 712. The zero-order valence-corrected chi connectivity index (χ0v) is 11.1. The van der Waals surface area contributed by atoms with Gasteiger partial charge in [-0.15, -0.1) is 0 Å². The standard InChI is InChI=1S/C13H14N2O3S/c1-9-5-6-13(12(14)7-9)19(17,18)15-10-3-2-4-11(16)8-10/h2-8,15-16H,14H2,1H3. The first-order valence-corrected chi connectivity index (χ1v) is 7.05. The van der Waals surface area contributed by atoms with Gasteiger partial charge in [0.25, 0.3) is 10.0 Å². The molecule has 0 amide bonds. The van der Waals surface area contributed by atoms with Crippen LogP contribution in [0.5, 0.6) is 5.75 Å². The molecular formula is C13H14N2O3S. The first-order valence-electron chi connectivity index (χ1n) is 5.56. The Morgan fingerprint density at radius 3 is 2.53 bits per heavy atom. The van der Waals surface area contributed by atoms with Crippen LogP contribution in [0.2, 0.25) is 0 Å². The molecule has 2 rings (SSSR count). The van der Waals surface area contributed by atoms with Crippen molar-refractivity contribution in [2.75, 3.05) is 10.5 Å². The molecule has 0 fully saturated rings. The van der Waals surface area contributed by atoms with E-state index in [9.17, 15) is 13.5 Å². The summed E-state index contributed by atoms with van der Waals surface area (Å²) in [6.07, 6.45) is 0. The van der Waals surface area contributed by atoms with Gasteiger partial charge in [-0.05, 0) is 36.8 Å². The smallest absolute Gasteiger partial charge is 0.263 e. The van der Waals surface area contributed by atoms with E-state index in [-0.39, 0.29) is 22.0 Å². The zero-order chi connectivity index (χ0) is 14.0. The summed E-state index contributed by atoms with van der Waals surface area (Å²) < 4.78 is 26.7. The maximum Gasteiger partial charge on any atom is 0.263 e. The third-order valence-corrected chi connectivity index (χ3v) is 4.01. The van der Waals surface area contributed by atoms with Crippen LogP contribution in [0.4, 0.5) is 11.4 Å². The molecule has 0 aliphatic rings. The first-order chi connectivity index (χ1) is 8.88. The van der Waals surface area contributed by atoms with Crippen LogP contribution in [-0.4, -0.2) is 13.5 Å². The molecule has 0 aliphatic heterocycles. The van der Waals surface area contributed by atoms with Crippen LogP contribution < -0.4 is 10.5 Å². The Morgan fingerprint density at radius 1 is 1.16 bits per heavy atom. The molecule has 2 aromatic rings. The molecule has 0 saturated heterocycles. The summed E-state index contributed by atoms with van der Waals surface area (Å²) in [5.74, 6) is -0.0166. The number of rotatable bonds is 3. The molecule has 0 spiro atoms. The van der Waals surface area contributed by atoms with Crippen LogP contribution in [0.25, 0.3) is 0 Å². The molecule has 0 saturated carbocycles. The van der Waals surface area contributed by atoms with Gasteiger partial charge < -0.3 is 10.8 Å². The second-order valence-corrected chi connectivity index (χ2v) is 5.85. The number of aromatic hydroxyl groups is 1. The number of hydrogen-bond acceptors (Lipinski definition) is 4. The number of aryl methyl sites for hydroxylation is 1. The minimum Gasteiger partial charge on any atom is -0.508 e. The SMILES string of the molecule is Cc1ccc(S(=O)(=O)Nc2cccc(O)c2)c(N)c1. The average molecular weight is 278 g/mol. The highest BCUT2D eigenvalue weighted by Gasteiger charge is 2.17. The molecule has 0 heterocycles. The van der Waals surface area contributed by atoms with Gasteiger partial charge >= 0.3 is 0 Å². The second-order valence-electron chi connectivity index (χ2n) is 4.20. The summed E-state index contributed by atoms with van der Waals surface area (Å²) in [4.78, 5) is 0.0152. The Labute approximate surface area is 111 Å². The lowest BCUT2D eigenvalue weighted by atomic mass is 10.2. The van der Waals surface area contributed by atoms with Gasteiger partial charge in [-0.2, -0.15) is 0 Å². The van der Waals surface area contributed by atoms with E-state index in [2.05, 4.69) is 4.72 Å². The van der Waals surface area contributed by atoms with Gasteiger partial charge in [0.2, 0.25) is 0 Å². The normalized spacial score (nSPS) is 11.2. The predicted octanol–water partition coefficient (Wildman–Crippen LogP) is 2.08. The topological polar surface area (TPSA) is 92.4 Å². The van der Waals surface area contributed by atoms with Crippen LogP contribution >= 0.6 is 0 Å². The highest BCUT2D eigenvalue weighted by Crippen LogP contribution is 2.24. The second kappa shape index (κ2) is 4.81. The van der Waals surface area contributed by atoms with Crippen LogP contribution in [0.15, 0.2) is 47.4 Å². The number of anilines is 2. The fraction of sp³-hybridized carbons (Fsp3) is 0.0769. The van der Waals surface area contributed by atoms with Crippen molar-refractivity contribution in [3.05, 3.63) is 48.0 Å². The molecule has 5 nitrogen and oxygen atoms in total. The number of phenolic OH excluding ortho intramolecular Hbond substituents is 1. The molecule has 0 unspecified atom stereocenters. The van der Waals surface area contributed by atoms with Crippen molar-refractivity contribution >= 4 is 21.4 Å². The highest BCUT2D eigenvalue weighted by atomic mass is 32.2. The summed E-state index contributed by atoms with van der Waals surface area (Å²) in [6, 6.07) is 10.6. The van der Waals surface area contributed by atoms with Crippen molar-refractivity contribution in [1.82, 2.24) is 0 Å². The maximum atomic E-state index is 12.2. The van der Waals surface area contributed by atoms with Crippen molar-refractivity contribution in [3.8, 4) is 5.75 Å². The monoisotopic (exact) mass is 278 g/mol. The van der Waals surface area contributed by atoms with Gasteiger partial charge in [0.05, 0.1) is 11.4 Å². The molecule has 0 aromatic heterocycles. The summed E-state index contributed by atoms with van der Waals surface area (Å²) >= 11 is 0. The third-order valence-electron chi connectivity index (χ3n) is 2.55. The van der Waals surface area contributed by atoms with E-state index < -0.39 is 10.0 Å². The number of benzene rings is 2. The number of nitrogens with one attached hydrogen (secondary N) is 1. The highest BCUT2D eigenvalue weighted by molar-refractivity contribution is 7.92. The van der Waals surface area contributed by atoms with Crippen molar-refractivity contribution in [3.63, 3.8) is 0 Å². The summed E-state index contributed by atoms with van der Waals surface area (Å²) in [5, 5.41) is 9.31. The first kappa shape index (κ1) is 13.2. The molecule has 0 aliphatic carbocycles. The van der Waals surface area contributed by atoms with E-state index in [4.69, 9.17) is 5.73 Å². The summed E-state index contributed by atoms with van der Waals surface area (Å²) in [5.41, 5.74) is 7.07. The molecular weight excluding hydrogens is 264 g/mol. The number of sulfonamides is 1. The van der Waals surface area contributed by atoms with E-state index >= 15 is 0 Å². The summed E-state index contributed by atoms with van der Waals surface area (Å²) in [7, 11) is -3.76. The largest absolute Gasteiger partial charge is 0.508 e. The molecule has 6 heteroatoms. The quantitative estimate of drug-likeness (QED) is 0.749. The predicted molar refractivity (Wildman–Crippen MR) is 74.5 cm³/mol. The van der Waals surface area contributed by atoms with E-state index in [0.717, 1.165) is 5.56 Å². The van der Waals surface area contributed by atoms with Gasteiger partial charge in [-0.1, -0.05) is 12.1 Å². The van der Waals surface area contributed by atoms with Crippen LogP contribution in [-0.2, 0) is 10.0 Å². The average Bonchev–Trinajstić information content (AvgIpc) is 2.27. The molecule has 100 valence electrons. The molecule has 4 N–H and O–H groups in total. The molecule has 0 radical (unpaired) electrons. The maximum absolute atomic E-state index is 12.2. The van der Waals surface area contributed by atoms with E-state index in [1.807, 2.05) is 6.92 Å².